The molecule has 1 aromatic rings. The van der Waals surface area contributed by atoms with E-state index in [2.05, 4.69) is 16.7 Å². The third-order valence-corrected chi connectivity index (χ3v) is 2.07. The van der Waals surface area contributed by atoms with Gasteiger partial charge in [-0.25, -0.2) is 4.79 Å². The molecule has 0 fully saturated rings. The predicted molar refractivity (Wildman–Crippen MR) is 65.3 cm³/mol. The number of hydrogen-bond donors (Lipinski definition) is 1. The molecule has 5 heteroatoms. The molecular weight excluding hydrogens is 228 g/mol. The number of hydrogen-bond acceptors (Lipinski definition) is 2. The van der Waals surface area contributed by atoms with Gasteiger partial charge in [-0.1, -0.05) is 20.8 Å². The summed E-state index contributed by atoms with van der Waals surface area (Å²) in [7, 11) is 0. The van der Waals surface area contributed by atoms with E-state index in [1.165, 1.54) is 11.1 Å². The summed E-state index contributed by atoms with van der Waals surface area (Å²) in [5, 5.41) is 13.2. The number of rotatable bonds is 2. The van der Waals surface area contributed by atoms with Gasteiger partial charge in [0.15, 0.2) is 0 Å². The van der Waals surface area contributed by atoms with Crippen molar-refractivity contribution in [3.8, 4) is 0 Å². The fraction of sp³-hybridized carbons (Fsp3) is 0.636. The first-order valence-corrected chi connectivity index (χ1v) is 5.81. The van der Waals surface area contributed by atoms with Gasteiger partial charge in [-0.3, -0.25) is 4.68 Å². The van der Waals surface area contributed by atoms with Crippen molar-refractivity contribution in [1.29, 1.82) is 0 Å². The highest BCUT2D eigenvalue weighted by atomic mass is 35.5. The lowest BCUT2D eigenvalue weighted by Gasteiger charge is -2.13. The van der Waals surface area contributed by atoms with Crippen LogP contribution in [-0.4, -0.2) is 27.2 Å². The van der Waals surface area contributed by atoms with E-state index >= 15 is 0 Å². The number of aryl methyl sites for hydroxylation is 1. The Kier molecular flexibility index (Phi) is 5.51. The zero-order chi connectivity index (χ0) is 12.9. The van der Waals surface area contributed by atoms with Gasteiger partial charge < -0.3 is 5.11 Å². The molecule has 0 aliphatic heterocycles. The standard InChI is InChI=1S/C10H16N2O2.CH3Cl/c1-5-12-7(9(13)14)6-8(11-12)10(2,3)4;1-2/h6H,5H2,1-4H3,(H,13,14);1H3. The van der Waals surface area contributed by atoms with Gasteiger partial charge in [0.05, 0.1) is 5.69 Å². The molecule has 4 nitrogen and oxygen atoms in total. The Hall–Kier alpha value is -1.03. The van der Waals surface area contributed by atoms with Crippen molar-refractivity contribution in [2.24, 2.45) is 0 Å². The molecule has 0 bridgehead atoms. The zero-order valence-electron chi connectivity index (χ0n) is 10.4. The van der Waals surface area contributed by atoms with Gasteiger partial charge in [0.1, 0.15) is 5.69 Å². The van der Waals surface area contributed by atoms with Crippen LogP contribution in [0, 0.1) is 0 Å². The summed E-state index contributed by atoms with van der Waals surface area (Å²) in [5.41, 5.74) is 0.971. The predicted octanol–water partition coefficient (Wildman–Crippen LogP) is 2.75. The topological polar surface area (TPSA) is 55.1 Å². The molecule has 1 N–H and O–H groups in total. The molecule has 0 unspecified atom stereocenters. The molecule has 0 radical (unpaired) electrons. The molecule has 0 saturated carbocycles. The first kappa shape index (κ1) is 15.0. The van der Waals surface area contributed by atoms with E-state index in [4.69, 9.17) is 5.11 Å². The molecular formula is C11H19ClN2O2. The van der Waals surface area contributed by atoms with Crippen LogP contribution < -0.4 is 0 Å². The lowest BCUT2D eigenvalue weighted by molar-refractivity contribution is 0.0683. The van der Waals surface area contributed by atoms with Gasteiger partial charge >= 0.3 is 5.97 Å². The number of carbonyl (C=O) groups is 1. The Morgan fingerprint density at radius 3 is 2.25 bits per heavy atom. The smallest absolute Gasteiger partial charge is 0.354 e. The molecule has 1 rings (SSSR count). The van der Waals surface area contributed by atoms with Gasteiger partial charge in [0.2, 0.25) is 0 Å². The molecule has 0 aliphatic carbocycles. The maximum absolute atomic E-state index is 10.9. The van der Waals surface area contributed by atoms with E-state index in [1.807, 2.05) is 27.7 Å². The SMILES string of the molecule is CCl.CCn1nc(C(C)(C)C)cc1C(=O)O. The normalized spacial score (nSPS) is 10.6. The van der Waals surface area contributed by atoms with Gasteiger partial charge in [-0.15, -0.1) is 11.6 Å². The van der Waals surface area contributed by atoms with Crippen LogP contribution in [0.5, 0.6) is 0 Å². The molecule has 0 spiro atoms. The minimum Gasteiger partial charge on any atom is -0.477 e. The zero-order valence-corrected chi connectivity index (χ0v) is 11.2. The number of nitrogens with zero attached hydrogens (tertiary/aromatic N) is 2. The third kappa shape index (κ3) is 3.52. The Morgan fingerprint density at radius 1 is 1.50 bits per heavy atom. The second kappa shape index (κ2) is 5.89. The van der Waals surface area contributed by atoms with Crippen LogP contribution in [0.2, 0.25) is 0 Å². The second-order valence-electron chi connectivity index (χ2n) is 4.29. The summed E-state index contributed by atoms with van der Waals surface area (Å²) in [6.07, 6.45) is 1.47. The molecule has 92 valence electrons. The highest BCUT2D eigenvalue weighted by Crippen LogP contribution is 2.21. The maximum atomic E-state index is 10.9. The van der Waals surface area contributed by atoms with Crippen LogP contribution >= 0.6 is 11.6 Å². The Labute approximate surface area is 101 Å². The Bertz CT molecular complexity index is 353. The van der Waals surface area contributed by atoms with E-state index < -0.39 is 5.97 Å². The summed E-state index contributed by atoms with van der Waals surface area (Å²) in [6, 6.07) is 1.64. The van der Waals surface area contributed by atoms with Crippen molar-refractivity contribution < 1.29 is 9.90 Å². The number of carboxylic acid groups (broad SMARTS) is 1. The summed E-state index contributed by atoms with van der Waals surface area (Å²) in [5.74, 6) is -0.921. The Morgan fingerprint density at radius 2 is 2.00 bits per heavy atom. The highest BCUT2D eigenvalue weighted by molar-refractivity contribution is 6.15. The number of aromatic nitrogens is 2. The minimum atomic E-state index is -0.921. The van der Waals surface area contributed by atoms with Gasteiger partial charge in [-0.05, 0) is 13.0 Å². The van der Waals surface area contributed by atoms with Crippen LogP contribution in [0.4, 0.5) is 0 Å². The van der Waals surface area contributed by atoms with Crippen LogP contribution in [-0.2, 0) is 12.0 Å². The van der Waals surface area contributed by atoms with E-state index in [1.54, 1.807) is 6.07 Å². The second-order valence-corrected chi connectivity index (χ2v) is 4.29. The summed E-state index contributed by atoms with van der Waals surface area (Å²) in [6.45, 7) is 8.51. The van der Waals surface area contributed by atoms with Gasteiger partial charge in [0.25, 0.3) is 0 Å². The summed E-state index contributed by atoms with van der Waals surface area (Å²) >= 11 is 4.64. The van der Waals surface area contributed by atoms with Crippen molar-refractivity contribution in [2.45, 2.75) is 39.7 Å². The maximum Gasteiger partial charge on any atom is 0.354 e. The van der Waals surface area contributed by atoms with E-state index in [-0.39, 0.29) is 11.1 Å². The van der Waals surface area contributed by atoms with Crippen molar-refractivity contribution in [1.82, 2.24) is 9.78 Å². The first-order chi connectivity index (χ1) is 7.36. The number of carboxylic acids is 1. The van der Waals surface area contributed by atoms with Crippen molar-refractivity contribution in [3.05, 3.63) is 17.5 Å². The molecule has 0 saturated heterocycles. The molecule has 0 aromatic carbocycles. The molecule has 16 heavy (non-hydrogen) atoms. The number of halogens is 1. The number of aromatic carboxylic acids is 1. The lowest BCUT2D eigenvalue weighted by Crippen LogP contribution is -2.13. The molecule has 0 amide bonds. The van der Waals surface area contributed by atoms with Gasteiger partial charge in [-0.2, -0.15) is 5.10 Å². The van der Waals surface area contributed by atoms with Crippen molar-refractivity contribution in [2.75, 3.05) is 6.38 Å². The van der Waals surface area contributed by atoms with Crippen LogP contribution in [0.1, 0.15) is 43.9 Å². The number of alkyl halides is 1. The Balaban J connectivity index is 0.00000106. The molecule has 1 heterocycles. The van der Waals surface area contributed by atoms with Crippen LogP contribution in [0.25, 0.3) is 0 Å². The van der Waals surface area contributed by atoms with E-state index in [0.717, 1.165) is 5.69 Å². The average Bonchev–Trinajstić information content (AvgIpc) is 2.64. The first-order valence-electron chi connectivity index (χ1n) is 5.05. The quantitative estimate of drug-likeness (QED) is 0.817. The molecule has 0 atom stereocenters. The van der Waals surface area contributed by atoms with Crippen LogP contribution in [0.3, 0.4) is 0 Å². The summed E-state index contributed by atoms with van der Waals surface area (Å²) in [4.78, 5) is 10.9. The minimum absolute atomic E-state index is 0.107. The van der Waals surface area contributed by atoms with Gasteiger partial charge in [0, 0.05) is 18.3 Å². The molecule has 0 aliphatic rings. The lowest BCUT2D eigenvalue weighted by atomic mass is 9.92. The summed E-state index contributed by atoms with van der Waals surface area (Å²) < 4.78 is 1.52. The fourth-order valence-electron chi connectivity index (χ4n) is 1.20. The highest BCUT2D eigenvalue weighted by Gasteiger charge is 2.21. The van der Waals surface area contributed by atoms with E-state index in [9.17, 15) is 4.79 Å². The van der Waals surface area contributed by atoms with E-state index in [0.29, 0.717) is 6.54 Å². The third-order valence-electron chi connectivity index (χ3n) is 2.07. The van der Waals surface area contributed by atoms with Crippen LogP contribution in [0.15, 0.2) is 6.07 Å². The largest absolute Gasteiger partial charge is 0.477 e. The fourth-order valence-corrected chi connectivity index (χ4v) is 1.20. The molecule has 1 aromatic heterocycles. The van der Waals surface area contributed by atoms with Crippen molar-refractivity contribution in [3.63, 3.8) is 0 Å². The monoisotopic (exact) mass is 246 g/mol. The average molecular weight is 247 g/mol. The van der Waals surface area contributed by atoms with Crippen molar-refractivity contribution >= 4 is 17.6 Å².